The summed E-state index contributed by atoms with van der Waals surface area (Å²) in [4.78, 5) is 14.0. The lowest BCUT2D eigenvalue weighted by Gasteiger charge is -2.24. The van der Waals surface area contributed by atoms with Crippen LogP contribution in [0.25, 0.3) is 0 Å². The molecule has 0 radical (unpaired) electrons. The molecule has 0 aromatic heterocycles. The molecule has 1 aromatic carbocycles. The molecular formula is C21H25FN2O2. The second-order valence-electron chi connectivity index (χ2n) is 6.84. The number of fused-ring (bicyclic) bond motifs is 1. The largest absolute Gasteiger partial charge is 0.454 e. The van der Waals surface area contributed by atoms with Crippen LogP contribution in [0, 0.1) is 5.82 Å². The van der Waals surface area contributed by atoms with E-state index in [0.29, 0.717) is 17.5 Å². The van der Waals surface area contributed by atoms with E-state index in [9.17, 15) is 9.18 Å². The third-order valence-electron chi connectivity index (χ3n) is 4.91. The fourth-order valence-corrected chi connectivity index (χ4v) is 3.56. The average molecular weight is 356 g/mol. The summed E-state index contributed by atoms with van der Waals surface area (Å²) in [6, 6.07) is 4.86. The Bertz CT molecular complexity index is 776. The molecule has 26 heavy (non-hydrogen) atoms. The minimum atomic E-state index is -0.593. The standard InChI is InChI=1S/C21H25FN2O2/c1-4-17-19(13-14(2)23-15-9-6-5-7-10-15)26-18-12-8-11-16(22)20(18)21(25)24(17)3/h4,8,11-13,15,23H,1,5-7,9-10H2,2-3H3/b14-13+. The SMILES string of the molecule is C=CC1=C(/C=C(\C)NC2CCCCC2)Oc2cccc(F)c2C(=O)N1C. The van der Waals surface area contributed by atoms with Gasteiger partial charge >= 0.3 is 0 Å². The third kappa shape index (κ3) is 3.66. The van der Waals surface area contributed by atoms with Crippen LogP contribution in [0.1, 0.15) is 49.4 Å². The molecule has 2 aliphatic rings. The highest BCUT2D eigenvalue weighted by Crippen LogP contribution is 2.31. The number of amides is 1. The van der Waals surface area contributed by atoms with Gasteiger partial charge in [0.1, 0.15) is 17.1 Å². The highest BCUT2D eigenvalue weighted by molar-refractivity contribution is 5.99. The Morgan fingerprint density at radius 3 is 2.77 bits per heavy atom. The molecule has 1 saturated carbocycles. The Labute approximate surface area is 154 Å². The number of carbonyl (C=O) groups excluding carboxylic acids is 1. The molecule has 1 fully saturated rings. The van der Waals surface area contributed by atoms with Crippen LogP contribution in [0.5, 0.6) is 5.75 Å². The number of nitrogens with zero attached hydrogens (tertiary/aromatic N) is 1. The van der Waals surface area contributed by atoms with Crippen molar-refractivity contribution in [1.82, 2.24) is 10.2 Å². The summed E-state index contributed by atoms with van der Waals surface area (Å²) in [5, 5.41) is 3.53. The highest BCUT2D eigenvalue weighted by Gasteiger charge is 2.28. The molecule has 1 amide bonds. The molecule has 1 heterocycles. The summed E-state index contributed by atoms with van der Waals surface area (Å²) >= 11 is 0. The molecular weight excluding hydrogens is 331 g/mol. The molecule has 1 N–H and O–H groups in total. The van der Waals surface area contributed by atoms with Crippen LogP contribution in [0.4, 0.5) is 4.39 Å². The predicted molar refractivity (Wildman–Crippen MR) is 100 cm³/mol. The first-order valence-electron chi connectivity index (χ1n) is 9.07. The number of ether oxygens (including phenoxy) is 1. The van der Waals surface area contributed by atoms with Crippen molar-refractivity contribution in [3.05, 3.63) is 65.5 Å². The Morgan fingerprint density at radius 2 is 2.08 bits per heavy atom. The molecule has 1 aliphatic heterocycles. The number of hydrogen-bond donors (Lipinski definition) is 1. The second kappa shape index (κ2) is 7.77. The Balaban J connectivity index is 1.94. The number of benzene rings is 1. The van der Waals surface area contributed by atoms with Crippen molar-refractivity contribution in [2.24, 2.45) is 0 Å². The van der Waals surface area contributed by atoms with Crippen LogP contribution < -0.4 is 10.1 Å². The number of hydrogen-bond acceptors (Lipinski definition) is 3. The number of rotatable bonds is 4. The molecule has 138 valence electrons. The van der Waals surface area contributed by atoms with Crippen molar-refractivity contribution >= 4 is 5.91 Å². The molecule has 0 unspecified atom stereocenters. The van der Waals surface area contributed by atoms with Gasteiger partial charge in [-0.15, -0.1) is 0 Å². The van der Waals surface area contributed by atoms with E-state index >= 15 is 0 Å². The van der Waals surface area contributed by atoms with Gasteiger partial charge in [0.15, 0.2) is 5.76 Å². The maximum Gasteiger partial charge on any atom is 0.264 e. The van der Waals surface area contributed by atoms with Crippen LogP contribution >= 0.6 is 0 Å². The van der Waals surface area contributed by atoms with E-state index in [1.807, 2.05) is 13.0 Å². The fourth-order valence-electron chi connectivity index (χ4n) is 3.56. The zero-order valence-electron chi connectivity index (χ0n) is 15.3. The van der Waals surface area contributed by atoms with E-state index in [-0.39, 0.29) is 11.3 Å². The summed E-state index contributed by atoms with van der Waals surface area (Å²) in [5.74, 6) is -0.351. The van der Waals surface area contributed by atoms with E-state index in [0.717, 1.165) is 18.5 Å². The van der Waals surface area contributed by atoms with Gasteiger partial charge in [0.25, 0.3) is 5.91 Å². The highest BCUT2D eigenvalue weighted by atomic mass is 19.1. The number of allylic oxidation sites excluding steroid dienone is 3. The minimum Gasteiger partial charge on any atom is -0.454 e. The van der Waals surface area contributed by atoms with E-state index in [1.54, 1.807) is 19.2 Å². The quantitative estimate of drug-likeness (QED) is 0.863. The predicted octanol–water partition coefficient (Wildman–Crippen LogP) is 4.51. The van der Waals surface area contributed by atoms with E-state index < -0.39 is 11.7 Å². The molecule has 3 rings (SSSR count). The van der Waals surface area contributed by atoms with Gasteiger partial charge in [0.2, 0.25) is 0 Å². The lowest BCUT2D eigenvalue weighted by atomic mass is 9.95. The van der Waals surface area contributed by atoms with Crippen molar-refractivity contribution in [2.75, 3.05) is 7.05 Å². The van der Waals surface area contributed by atoms with Crippen LogP contribution in [-0.2, 0) is 0 Å². The maximum absolute atomic E-state index is 14.2. The summed E-state index contributed by atoms with van der Waals surface area (Å²) in [6.07, 6.45) is 9.51. The van der Waals surface area contributed by atoms with Gasteiger partial charge in [0.05, 0.1) is 5.70 Å². The number of nitrogens with one attached hydrogen (secondary N) is 1. The summed E-state index contributed by atoms with van der Waals surface area (Å²) in [7, 11) is 1.60. The van der Waals surface area contributed by atoms with E-state index in [4.69, 9.17) is 4.74 Å². The van der Waals surface area contributed by atoms with Crippen molar-refractivity contribution in [2.45, 2.75) is 45.1 Å². The number of halogens is 1. The first-order chi connectivity index (χ1) is 12.5. The molecule has 4 nitrogen and oxygen atoms in total. The molecule has 0 bridgehead atoms. The Morgan fingerprint density at radius 1 is 1.35 bits per heavy atom. The van der Waals surface area contributed by atoms with Gasteiger partial charge in [-0.2, -0.15) is 0 Å². The van der Waals surface area contributed by atoms with E-state index in [2.05, 4.69) is 11.9 Å². The number of likely N-dealkylation sites (N-methyl/N-ethyl adjacent to an activating group) is 1. The van der Waals surface area contributed by atoms with Gasteiger partial charge < -0.3 is 15.0 Å². The molecule has 1 aliphatic carbocycles. The fraction of sp³-hybridized carbons (Fsp3) is 0.381. The molecule has 1 aromatic rings. The second-order valence-corrected chi connectivity index (χ2v) is 6.84. The Kier molecular flexibility index (Phi) is 5.45. The number of carbonyl (C=O) groups is 1. The molecule has 0 saturated heterocycles. The van der Waals surface area contributed by atoms with Crippen LogP contribution in [-0.4, -0.2) is 23.9 Å². The van der Waals surface area contributed by atoms with Gasteiger partial charge in [-0.25, -0.2) is 4.39 Å². The molecule has 0 atom stereocenters. The van der Waals surface area contributed by atoms with Gasteiger partial charge in [0, 0.05) is 24.9 Å². The first-order valence-corrected chi connectivity index (χ1v) is 9.07. The van der Waals surface area contributed by atoms with Crippen molar-refractivity contribution in [3.63, 3.8) is 0 Å². The summed E-state index contributed by atoms with van der Waals surface area (Å²) in [5.41, 5.74) is 1.40. The van der Waals surface area contributed by atoms with Gasteiger partial charge in [-0.3, -0.25) is 4.79 Å². The monoisotopic (exact) mass is 356 g/mol. The molecule has 5 heteroatoms. The van der Waals surface area contributed by atoms with Crippen LogP contribution in [0.15, 0.2) is 54.1 Å². The Hall–Kier alpha value is -2.56. The minimum absolute atomic E-state index is 0.0596. The van der Waals surface area contributed by atoms with Crippen molar-refractivity contribution in [1.29, 1.82) is 0 Å². The smallest absolute Gasteiger partial charge is 0.264 e. The summed E-state index contributed by atoms with van der Waals surface area (Å²) in [6.45, 7) is 5.77. The lowest BCUT2D eigenvalue weighted by Crippen LogP contribution is -2.29. The lowest BCUT2D eigenvalue weighted by molar-refractivity contribution is 0.0837. The van der Waals surface area contributed by atoms with Crippen molar-refractivity contribution in [3.8, 4) is 5.75 Å². The van der Waals surface area contributed by atoms with Gasteiger partial charge in [-0.05, 0) is 38.0 Å². The third-order valence-corrected chi connectivity index (χ3v) is 4.91. The van der Waals surface area contributed by atoms with E-state index in [1.165, 1.54) is 36.3 Å². The van der Waals surface area contributed by atoms with Crippen molar-refractivity contribution < 1.29 is 13.9 Å². The average Bonchev–Trinajstić information content (AvgIpc) is 2.71. The normalized spacial score (nSPS) is 19.0. The topological polar surface area (TPSA) is 41.6 Å². The van der Waals surface area contributed by atoms with Crippen LogP contribution in [0.2, 0.25) is 0 Å². The molecule has 0 spiro atoms. The van der Waals surface area contributed by atoms with Crippen LogP contribution in [0.3, 0.4) is 0 Å². The maximum atomic E-state index is 14.2. The first kappa shape index (κ1) is 18.2. The van der Waals surface area contributed by atoms with Gasteiger partial charge in [-0.1, -0.05) is 31.9 Å². The summed E-state index contributed by atoms with van der Waals surface area (Å²) < 4.78 is 20.1. The zero-order valence-corrected chi connectivity index (χ0v) is 15.3. The zero-order chi connectivity index (χ0) is 18.7.